The zero-order valence-electron chi connectivity index (χ0n) is 11.4. The second-order valence-electron chi connectivity index (χ2n) is 4.89. The van der Waals surface area contributed by atoms with Gasteiger partial charge in [-0.15, -0.1) is 0 Å². The van der Waals surface area contributed by atoms with E-state index in [1.807, 2.05) is 0 Å². The van der Waals surface area contributed by atoms with Crippen LogP contribution in [-0.2, 0) is 9.53 Å². The van der Waals surface area contributed by atoms with Crippen LogP contribution in [0.4, 0.5) is 4.39 Å². The van der Waals surface area contributed by atoms with E-state index in [0.29, 0.717) is 0 Å². The number of carboxylic acid groups (broad SMARTS) is 1. The summed E-state index contributed by atoms with van der Waals surface area (Å²) < 4.78 is 18.5. The summed E-state index contributed by atoms with van der Waals surface area (Å²) in [6.07, 6.45) is 0.221. The number of halogens is 1. The monoisotopic (exact) mass is 281 g/mol. The molecule has 20 heavy (non-hydrogen) atoms. The fraction of sp³-hybridized carbons (Fsp3) is 0.429. The Labute approximate surface area is 116 Å². The summed E-state index contributed by atoms with van der Waals surface area (Å²) in [6, 6.07) is 4.29. The molecule has 0 bridgehead atoms. The number of methoxy groups -OCH3 is 1. The Morgan fingerprint density at radius 1 is 1.45 bits per heavy atom. The zero-order chi connectivity index (χ0) is 14.9. The maximum Gasteiger partial charge on any atom is 0.337 e. The average Bonchev–Trinajstić information content (AvgIpc) is 2.87. The highest BCUT2D eigenvalue weighted by Gasteiger charge is 2.47. The van der Waals surface area contributed by atoms with E-state index >= 15 is 0 Å². The molecule has 1 saturated heterocycles. The Hall–Kier alpha value is -1.95. The van der Waals surface area contributed by atoms with E-state index in [-0.39, 0.29) is 36.5 Å². The van der Waals surface area contributed by atoms with Crippen LogP contribution in [0, 0.1) is 12.7 Å². The van der Waals surface area contributed by atoms with Crippen molar-refractivity contribution in [3.05, 3.63) is 35.1 Å². The number of benzene rings is 1. The van der Waals surface area contributed by atoms with Crippen molar-refractivity contribution in [3.8, 4) is 0 Å². The molecule has 1 aliphatic rings. The number of rotatable bonds is 3. The summed E-state index contributed by atoms with van der Waals surface area (Å²) in [5.74, 6) is -1.92. The van der Waals surface area contributed by atoms with Crippen molar-refractivity contribution in [2.24, 2.45) is 0 Å². The lowest BCUT2D eigenvalue weighted by Crippen LogP contribution is -2.44. The molecular weight excluding hydrogens is 265 g/mol. The number of nitrogens with zero attached hydrogens (tertiary/aromatic N) is 1. The molecule has 1 fully saturated rings. The molecule has 5 nitrogen and oxygen atoms in total. The van der Waals surface area contributed by atoms with Crippen LogP contribution < -0.4 is 0 Å². The number of ether oxygens (including phenoxy) is 1. The Kier molecular flexibility index (Phi) is 3.76. The number of carbonyl (C=O) groups is 2. The number of hydrogen-bond donors (Lipinski definition) is 1. The van der Waals surface area contributed by atoms with E-state index in [0.717, 1.165) is 0 Å². The first-order valence-electron chi connectivity index (χ1n) is 6.24. The Morgan fingerprint density at radius 3 is 2.70 bits per heavy atom. The minimum atomic E-state index is -1.36. The SMILES string of the molecule is COC1(C(=O)O)CCN(C(=O)c2cccc(F)c2C)C1. The van der Waals surface area contributed by atoms with E-state index in [9.17, 15) is 19.1 Å². The van der Waals surface area contributed by atoms with Crippen molar-refractivity contribution < 1.29 is 23.8 Å². The molecule has 0 saturated carbocycles. The topological polar surface area (TPSA) is 66.8 Å². The highest BCUT2D eigenvalue weighted by atomic mass is 19.1. The third-order valence-corrected chi connectivity index (χ3v) is 3.80. The Bertz CT molecular complexity index is 560. The van der Waals surface area contributed by atoms with Crippen LogP contribution in [0.5, 0.6) is 0 Å². The normalized spacial score (nSPS) is 22.1. The molecule has 1 amide bonds. The van der Waals surface area contributed by atoms with Gasteiger partial charge in [0.05, 0.1) is 6.54 Å². The van der Waals surface area contributed by atoms with Gasteiger partial charge < -0.3 is 14.7 Å². The second kappa shape index (κ2) is 5.20. The highest BCUT2D eigenvalue weighted by Crippen LogP contribution is 2.27. The summed E-state index contributed by atoms with van der Waals surface area (Å²) >= 11 is 0. The van der Waals surface area contributed by atoms with Gasteiger partial charge in [-0.3, -0.25) is 4.79 Å². The fourth-order valence-electron chi connectivity index (χ4n) is 2.39. The van der Waals surface area contributed by atoms with E-state index in [1.165, 1.54) is 37.1 Å². The largest absolute Gasteiger partial charge is 0.479 e. The van der Waals surface area contributed by atoms with Crippen LogP contribution in [0.15, 0.2) is 18.2 Å². The van der Waals surface area contributed by atoms with Gasteiger partial charge in [-0.05, 0) is 24.6 Å². The second-order valence-corrected chi connectivity index (χ2v) is 4.89. The molecule has 1 unspecified atom stereocenters. The first-order valence-corrected chi connectivity index (χ1v) is 6.24. The molecule has 1 atom stereocenters. The van der Waals surface area contributed by atoms with Crippen molar-refractivity contribution in [2.75, 3.05) is 20.2 Å². The lowest BCUT2D eigenvalue weighted by molar-refractivity contribution is -0.160. The van der Waals surface area contributed by atoms with Crippen LogP contribution in [0.3, 0.4) is 0 Å². The third kappa shape index (κ3) is 2.27. The standard InChI is InChI=1S/C14H16FNO4/c1-9-10(4-3-5-11(9)15)12(17)16-7-6-14(8-16,20-2)13(18)19/h3-5H,6-8H2,1-2H3,(H,18,19). The van der Waals surface area contributed by atoms with Crippen LogP contribution in [-0.4, -0.2) is 47.7 Å². The Balaban J connectivity index is 2.24. The van der Waals surface area contributed by atoms with Gasteiger partial charge in [-0.2, -0.15) is 0 Å². The quantitative estimate of drug-likeness (QED) is 0.910. The molecule has 108 valence electrons. The maximum absolute atomic E-state index is 13.5. The van der Waals surface area contributed by atoms with Crippen LogP contribution >= 0.6 is 0 Å². The molecule has 0 aromatic heterocycles. The minimum Gasteiger partial charge on any atom is -0.479 e. The average molecular weight is 281 g/mol. The minimum absolute atomic E-state index is 0.0341. The van der Waals surface area contributed by atoms with Gasteiger partial charge in [0.15, 0.2) is 5.60 Å². The van der Waals surface area contributed by atoms with Crippen molar-refractivity contribution in [3.63, 3.8) is 0 Å². The smallest absolute Gasteiger partial charge is 0.337 e. The highest BCUT2D eigenvalue weighted by molar-refractivity contribution is 5.96. The summed E-state index contributed by atoms with van der Waals surface area (Å²) in [6.45, 7) is 1.77. The summed E-state index contributed by atoms with van der Waals surface area (Å²) in [7, 11) is 1.32. The molecule has 0 aliphatic carbocycles. The molecule has 1 N–H and O–H groups in total. The van der Waals surface area contributed by atoms with Crippen LogP contribution in [0.25, 0.3) is 0 Å². The predicted octanol–water partition coefficient (Wildman–Crippen LogP) is 1.45. The molecule has 1 aromatic rings. The molecule has 6 heteroatoms. The molecule has 0 radical (unpaired) electrons. The van der Waals surface area contributed by atoms with Gasteiger partial charge in [0, 0.05) is 25.6 Å². The molecule has 1 aromatic carbocycles. The van der Waals surface area contributed by atoms with E-state index in [1.54, 1.807) is 0 Å². The van der Waals surface area contributed by atoms with Gasteiger partial charge >= 0.3 is 5.97 Å². The fourth-order valence-corrected chi connectivity index (χ4v) is 2.39. The van der Waals surface area contributed by atoms with Crippen molar-refractivity contribution in [2.45, 2.75) is 18.9 Å². The van der Waals surface area contributed by atoms with Crippen molar-refractivity contribution in [1.82, 2.24) is 4.90 Å². The third-order valence-electron chi connectivity index (χ3n) is 3.80. The first kappa shape index (κ1) is 14.5. The van der Waals surface area contributed by atoms with Gasteiger partial charge in [0.2, 0.25) is 0 Å². The number of carboxylic acids is 1. The number of aliphatic carboxylic acids is 1. The molecular formula is C14H16FNO4. The lowest BCUT2D eigenvalue weighted by Gasteiger charge is -2.23. The van der Waals surface area contributed by atoms with Crippen LogP contribution in [0.2, 0.25) is 0 Å². The van der Waals surface area contributed by atoms with Crippen molar-refractivity contribution >= 4 is 11.9 Å². The van der Waals surface area contributed by atoms with E-state index in [2.05, 4.69) is 0 Å². The predicted molar refractivity (Wildman–Crippen MR) is 69.0 cm³/mol. The number of carbonyl (C=O) groups excluding carboxylic acids is 1. The van der Waals surface area contributed by atoms with Crippen molar-refractivity contribution in [1.29, 1.82) is 0 Å². The Morgan fingerprint density at radius 2 is 2.15 bits per heavy atom. The van der Waals surface area contributed by atoms with Gasteiger partial charge in [-0.1, -0.05) is 6.07 Å². The lowest BCUT2D eigenvalue weighted by atomic mass is 10.0. The molecule has 0 spiro atoms. The maximum atomic E-state index is 13.5. The number of hydrogen-bond acceptors (Lipinski definition) is 3. The van der Waals surface area contributed by atoms with E-state index in [4.69, 9.17) is 4.74 Å². The van der Waals surface area contributed by atoms with Gasteiger partial charge in [-0.25, -0.2) is 9.18 Å². The molecule has 1 aliphatic heterocycles. The molecule has 1 heterocycles. The summed E-state index contributed by atoms with van der Waals surface area (Å²) in [4.78, 5) is 25.0. The molecule has 2 rings (SSSR count). The van der Waals surface area contributed by atoms with Crippen LogP contribution in [0.1, 0.15) is 22.3 Å². The number of likely N-dealkylation sites (tertiary alicyclic amines) is 1. The zero-order valence-corrected chi connectivity index (χ0v) is 11.4. The van der Waals surface area contributed by atoms with Gasteiger partial charge in [0.25, 0.3) is 5.91 Å². The summed E-state index contributed by atoms with van der Waals surface area (Å²) in [5, 5.41) is 9.21. The van der Waals surface area contributed by atoms with Gasteiger partial charge in [0.1, 0.15) is 5.82 Å². The summed E-state index contributed by atoms with van der Waals surface area (Å²) in [5.41, 5.74) is -0.846. The number of amides is 1. The first-order chi connectivity index (χ1) is 9.41. The van der Waals surface area contributed by atoms with E-state index < -0.39 is 17.4 Å².